The van der Waals surface area contributed by atoms with Gasteiger partial charge in [-0.2, -0.15) is 0 Å². The zero-order chi connectivity index (χ0) is 13.5. The van der Waals surface area contributed by atoms with Crippen molar-refractivity contribution in [3.05, 3.63) is 0 Å². The lowest BCUT2D eigenvalue weighted by Gasteiger charge is -2.26. The van der Waals surface area contributed by atoms with E-state index in [0.29, 0.717) is 12.8 Å². The van der Waals surface area contributed by atoms with Gasteiger partial charge in [0.2, 0.25) is 0 Å². The van der Waals surface area contributed by atoms with E-state index in [1.165, 1.54) is 0 Å². The number of rotatable bonds is 2. The van der Waals surface area contributed by atoms with Crippen LogP contribution in [0, 0.1) is 0 Å². The zero-order valence-corrected chi connectivity index (χ0v) is 5.80. The molecule has 0 saturated carbocycles. The van der Waals surface area contributed by atoms with E-state index in [0.717, 1.165) is 4.90 Å². The fraction of sp³-hybridized carbons (Fsp3) is 1.00. The van der Waals surface area contributed by atoms with Crippen molar-refractivity contribution < 1.29 is 14.7 Å². The van der Waals surface area contributed by atoms with Gasteiger partial charge in [-0.05, 0) is 33.1 Å². The molecule has 1 atom stereocenters. The monoisotopic (exact) mass is 150 g/mol. The molecule has 0 aromatic heterocycles. The van der Waals surface area contributed by atoms with E-state index >= 15 is 0 Å². The number of nitrogens with zero attached hydrogens (tertiary/aromatic N) is 1. The first-order valence-corrected chi connectivity index (χ1v) is 3.43. The molecule has 0 aromatic carbocycles. The Hall–Kier alpha value is -0.0800. The summed E-state index contributed by atoms with van der Waals surface area (Å²) >= 11 is 0. The summed E-state index contributed by atoms with van der Waals surface area (Å²) in [6.07, 6.45) is 1.11. The Morgan fingerprint density at radius 1 is 1.90 bits per heavy atom. The van der Waals surface area contributed by atoms with E-state index in [-0.39, 0.29) is 13.2 Å². The molecule has 0 bridgehead atoms. The number of hydrogen-bond acceptors (Lipinski definition) is 2. The highest BCUT2D eigenvalue weighted by atomic mass is 16.3. The quantitative estimate of drug-likeness (QED) is 0.631. The molecule has 1 fully saturated rings. The van der Waals surface area contributed by atoms with Gasteiger partial charge in [0.25, 0.3) is 0 Å². The predicted molar refractivity (Wildman–Crippen MR) is 41.9 cm³/mol. The average Bonchev–Trinajstić information content (AvgIpc) is 2.60. The molecule has 1 aliphatic rings. The molecule has 1 N–H and O–H groups in total. The Morgan fingerprint density at radius 2 is 2.70 bits per heavy atom. The highest BCUT2D eigenvalue weighted by Gasteiger charge is 2.25. The third-order valence-electron chi connectivity index (χ3n) is 1.88. The summed E-state index contributed by atoms with van der Waals surface area (Å²) in [6.45, 7) is -6.01. The highest BCUT2D eigenvalue weighted by molar-refractivity contribution is 4.80. The first-order chi connectivity index (χ1) is 7.55. The summed E-state index contributed by atoms with van der Waals surface area (Å²) in [5.41, 5.74) is 0. The van der Waals surface area contributed by atoms with Crippen molar-refractivity contribution in [2.75, 3.05) is 13.2 Å². The van der Waals surface area contributed by atoms with Crippen LogP contribution in [0.25, 0.3) is 0 Å². The van der Waals surface area contributed by atoms with E-state index in [1.807, 2.05) is 0 Å². The minimum absolute atomic E-state index is 0.214. The lowest BCUT2D eigenvalue weighted by atomic mass is 10.2. The number of aliphatic hydroxyl groups is 1. The highest BCUT2D eigenvalue weighted by Crippen LogP contribution is 2.18. The molecule has 1 saturated heterocycles. The van der Waals surface area contributed by atoms with Crippen LogP contribution in [0.5, 0.6) is 0 Å². The smallest absolute Gasteiger partial charge is 0.0586 e. The zero-order valence-electron chi connectivity index (χ0n) is 12.8. The summed E-state index contributed by atoms with van der Waals surface area (Å²) in [6, 6.07) is -3.21. The first-order valence-electron chi connectivity index (χ1n) is 6.93. The van der Waals surface area contributed by atoms with Gasteiger partial charge in [-0.1, -0.05) is 0 Å². The molecule has 1 aliphatic heterocycles. The second-order valence-corrected chi connectivity index (χ2v) is 2.52. The average molecular weight is 150 g/mol. The molecule has 0 unspecified atom stereocenters. The minimum Gasteiger partial charge on any atom is -0.395 e. The van der Waals surface area contributed by atoms with Crippen LogP contribution in [0.1, 0.15) is 36.1 Å². The maximum Gasteiger partial charge on any atom is 0.0586 e. The molecule has 60 valence electrons. The standard InChI is InChI=1S/C8H17NO/c1-7(2)9-5-3-4-8(9)6-10/h7-8,10H,3-6H2,1-2H3/t8-/m0/s1/i1D3,2D3,7D. The number of aliphatic hydroxyl groups excluding tert-OH is 1. The molecular weight excluding hydrogens is 126 g/mol. The molecule has 1 rings (SSSR count). The van der Waals surface area contributed by atoms with Gasteiger partial charge in [0.05, 0.1) is 6.61 Å². The molecule has 0 spiro atoms. The lowest BCUT2D eigenvalue weighted by Crippen LogP contribution is -2.37. The fourth-order valence-corrected chi connectivity index (χ4v) is 1.32. The first kappa shape index (κ1) is 2.76. The van der Waals surface area contributed by atoms with Crippen LogP contribution in [-0.2, 0) is 0 Å². The SMILES string of the molecule is [2H]C([2H])([2H])C([2H])(N1CCC[C@H]1CO)C([2H])([2H])[2H]. The Kier molecular flexibility index (Phi) is 0.924. The molecule has 0 aliphatic carbocycles. The van der Waals surface area contributed by atoms with Gasteiger partial charge in [-0.3, -0.25) is 4.90 Å². The maximum atomic E-state index is 9.14. The lowest BCUT2D eigenvalue weighted by molar-refractivity contribution is 0.133. The number of hydrogen-bond donors (Lipinski definition) is 1. The fourth-order valence-electron chi connectivity index (χ4n) is 1.32. The van der Waals surface area contributed by atoms with Gasteiger partial charge in [-0.15, -0.1) is 0 Å². The normalized spacial score (nSPS) is 42.1. The molecule has 2 heteroatoms. The Balaban J connectivity index is 3.16. The van der Waals surface area contributed by atoms with Crippen molar-refractivity contribution in [1.82, 2.24) is 4.90 Å². The third kappa shape index (κ3) is 1.50. The van der Waals surface area contributed by atoms with Gasteiger partial charge in [0, 0.05) is 21.7 Å². The van der Waals surface area contributed by atoms with Gasteiger partial charge < -0.3 is 5.11 Å². The van der Waals surface area contributed by atoms with E-state index < -0.39 is 25.8 Å². The molecule has 0 aromatic rings. The van der Waals surface area contributed by atoms with Crippen molar-refractivity contribution in [3.8, 4) is 0 Å². The van der Waals surface area contributed by atoms with Gasteiger partial charge in [-0.25, -0.2) is 0 Å². The largest absolute Gasteiger partial charge is 0.395 e. The van der Waals surface area contributed by atoms with Crippen molar-refractivity contribution >= 4 is 0 Å². The molecule has 0 radical (unpaired) electrons. The van der Waals surface area contributed by atoms with E-state index in [1.54, 1.807) is 0 Å². The van der Waals surface area contributed by atoms with Crippen LogP contribution in [0.3, 0.4) is 0 Å². The summed E-state index contributed by atoms with van der Waals surface area (Å²) in [7, 11) is 0. The molecule has 10 heavy (non-hydrogen) atoms. The number of likely N-dealkylation sites (tertiary alicyclic amines) is 1. The van der Waals surface area contributed by atoms with Crippen LogP contribution in [-0.4, -0.2) is 35.2 Å². The van der Waals surface area contributed by atoms with Crippen LogP contribution >= 0.6 is 0 Å². The molecule has 1 heterocycles. The van der Waals surface area contributed by atoms with Crippen LogP contribution < -0.4 is 0 Å². The van der Waals surface area contributed by atoms with E-state index in [9.17, 15) is 0 Å². The van der Waals surface area contributed by atoms with Crippen LogP contribution in [0.4, 0.5) is 0 Å². The van der Waals surface area contributed by atoms with Crippen LogP contribution in [0.15, 0.2) is 0 Å². The summed E-state index contributed by atoms with van der Waals surface area (Å²) in [4.78, 5) is 1.10. The minimum atomic E-state index is -2.95. The van der Waals surface area contributed by atoms with Crippen molar-refractivity contribution in [2.45, 2.75) is 38.6 Å². The molecule has 0 amide bonds. The molecule has 2 nitrogen and oxygen atoms in total. The Labute approximate surface area is 72.7 Å². The summed E-state index contributed by atoms with van der Waals surface area (Å²) in [5.74, 6) is 0. The summed E-state index contributed by atoms with van der Waals surface area (Å²) in [5, 5.41) is 9.14. The topological polar surface area (TPSA) is 23.5 Å². The van der Waals surface area contributed by atoms with Crippen molar-refractivity contribution in [2.24, 2.45) is 0 Å². The van der Waals surface area contributed by atoms with Gasteiger partial charge in [0.1, 0.15) is 0 Å². The van der Waals surface area contributed by atoms with E-state index in [4.69, 9.17) is 14.7 Å². The summed E-state index contributed by atoms with van der Waals surface area (Å²) < 4.78 is 51.9. The maximum absolute atomic E-state index is 9.14. The Morgan fingerprint density at radius 3 is 3.30 bits per heavy atom. The van der Waals surface area contributed by atoms with Crippen molar-refractivity contribution in [1.29, 1.82) is 0 Å². The van der Waals surface area contributed by atoms with E-state index in [2.05, 4.69) is 0 Å². The Bertz CT molecular complexity index is 260. The van der Waals surface area contributed by atoms with Crippen molar-refractivity contribution in [3.63, 3.8) is 0 Å². The van der Waals surface area contributed by atoms with Gasteiger partial charge >= 0.3 is 0 Å². The van der Waals surface area contributed by atoms with Crippen LogP contribution in [0.2, 0.25) is 0 Å². The molecular formula is C8H17NO. The third-order valence-corrected chi connectivity index (χ3v) is 1.88. The van der Waals surface area contributed by atoms with Gasteiger partial charge in [0.15, 0.2) is 0 Å². The second kappa shape index (κ2) is 3.35. The predicted octanol–water partition coefficient (Wildman–Crippen LogP) is 0.852. The second-order valence-electron chi connectivity index (χ2n) is 2.52.